The lowest BCUT2D eigenvalue weighted by Crippen LogP contribution is -2.38. The quantitative estimate of drug-likeness (QED) is 0.667. The van der Waals surface area contributed by atoms with E-state index in [0.29, 0.717) is 5.92 Å². The molecule has 150 valence electrons. The first-order chi connectivity index (χ1) is 14.0. The van der Waals surface area contributed by atoms with Crippen molar-refractivity contribution < 1.29 is 9.18 Å². The second-order valence-electron chi connectivity index (χ2n) is 7.96. The van der Waals surface area contributed by atoms with Crippen LogP contribution in [0, 0.1) is 24.6 Å². The molecule has 2 aromatic carbocycles. The van der Waals surface area contributed by atoms with Crippen LogP contribution in [0.3, 0.4) is 0 Å². The average molecular weight is 391 g/mol. The summed E-state index contributed by atoms with van der Waals surface area (Å²) in [5.41, 5.74) is 3.84. The lowest BCUT2D eigenvalue weighted by Gasteiger charge is -2.36. The van der Waals surface area contributed by atoms with E-state index in [1.165, 1.54) is 11.6 Å². The Balaban J connectivity index is 1.41. The summed E-state index contributed by atoms with van der Waals surface area (Å²) in [7, 11) is 0. The molecule has 1 atom stereocenters. The number of aryl methyl sites for hydroxylation is 1. The van der Waals surface area contributed by atoms with Crippen molar-refractivity contribution in [3.8, 4) is 0 Å². The van der Waals surface area contributed by atoms with Gasteiger partial charge in [-0.25, -0.2) is 4.39 Å². The third kappa shape index (κ3) is 4.24. The molecule has 3 aromatic rings. The first kappa shape index (κ1) is 19.4. The van der Waals surface area contributed by atoms with E-state index in [-0.39, 0.29) is 17.6 Å². The van der Waals surface area contributed by atoms with Crippen LogP contribution < -0.4 is 10.2 Å². The maximum Gasteiger partial charge on any atom is 0.227 e. The van der Waals surface area contributed by atoms with Crippen LogP contribution in [0.1, 0.15) is 25.3 Å². The van der Waals surface area contributed by atoms with Crippen LogP contribution in [0.25, 0.3) is 10.9 Å². The van der Waals surface area contributed by atoms with Crippen molar-refractivity contribution in [1.82, 2.24) is 4.98 Å². The second kappa shape index (κ2) is 8.19. The van der Waals surface area contributed by atoms with E-state index >= 15 is 0 Å². The van der Waals surface area contributed by atoms with Crippen LogP contribution in [0.15, 0.2) is 54.7 Å². The van der Waals surface area contributed by atoms with E-state index in [9.17, 15) is 9.18 Å². The highest BCUT2D eigenvalue weighted by Crippen LogP contribution is 2.32. The van der Waals surface area contributed by atoms with E-state index < -0.39 is 0 Å². The van der Waals surface area contributed by atoms with Gasteiger partial charge in [-0.1, -0.05) is 24.6 Å². The molecule has 29 heavy (non-hydrogen) atoms. The molecule has 0 bridgehead atoms. The van der Waals surface area contributed by atoms with E-state index in [1.807, 2.05) is 44.2 Å². The van der Waals surface area contributed by atoms with Gasteiger partial charge in [-0.2, -0.15) is 0 Å². The van der Waals surface area contributed by atoms with Crippen molar-refractivity contribution in [2.75, 3.05) is 23.3 Å². The molecule has 1 aromatic heterocycles. The summed E-state index contributed by atoms with van der Waals surface area (Å²) in [6.07, 6.45) is 3.64. The van der Waals surface area contributed by atoms with Gasteiger partial charge in [-0.05, 0) is 62.1 Å². The third-order valence-corrected chi connectivity index (χ3v) is 6.00. The fourth-order valence-electron chi connectivity index (χ4n) is 4.13. The Kier molecular flexibility index (Phi) is 5.47. The first-order valence-electron chi connectivity index (χ1n) is 10.2. The first-order valence-corrected chi connectivity index (χ1v) is 10.2. The van der Waals surface area contributed by atoms with Crippen LogP contribution in [-0.2, 0) is 4.79 Å². The Morgan fingerprint density at radius 2 is 1.86 bits per heavy atom. The molecule has 4 nitrogen and oxygen atoms in total. The number of carbonyl (C=O) groups excluding carboxylic acids is 1. The number of halogens is 1. The molecule has 0 saturated carbocycles. The molecule has 1 fully saturated rings. The van der Waals surface area contributed by atoms with Crippen LogP contribution in [0.5, 0.6) is 0 Å². The zero-order valence-corrected chi connectivity index (χ0v) is 16.9. The Labute approximate surface area is 170 Å². The second-order valence-corrected chi connectivity index (χ2v) is 7.96. The Morgan fingerprint density at radius 1 is 1.14 bits per heavy atom. The summed E-state index contributed by atoms with van der Waals surface area (Å²) in [6, 6.07) is 14.6. The summed E-state index contributed by atoms with van der Waals surface area (Å²) in [5, 5.41) is 3.88. The predicted molar refractivity (Wildman–Crippen MR) is 116 cm³/mol. The Morgan fingerprint density at radius 3 is 2.59 bits per heavy atom. The Hall–Kier alpha value is -2.95. The van der Waals surface area contributed by atoms with Gasteiger partial charge in [0, 0.05) is 42.0 Å². The predicted octanol–water partition coefficient (Wildman–Crippen LogP) is 5.17. The molecular weight excluding hydrogens is 365 g/mol. The van der Waals surface area contributed by atoms with Crippen LogP contribution in [0.2, 0.25) is 0 Å². The largest absolute Gasteiger partial charge is 0.371 e. The number of pyridine rings is 1. The smallest absolute Gasteiger partial charge is 0.227 e. The monoisotopic (exact) mass is 391 g/mol. The van der Waals surface area contributed by atoms with Gasteiger partial charge < -0.3 is 10.2 Å². The Bertz CT molecular complexity index is 1010. The maximum absolute atomic E-state index is 13.8. The van der Waals surface area contributed by atoms with E-state index in [4.69, 9.17) is 0 Å². The van der Waals surface area contributed by atoms with Crippen molar-refractivity contribution in [1.29, 1.82) is 0 Å². The molecular formula is C24H26FN3O. The minimum Gasteiger partial charge on any atom is -0.371 e. The molecule has 0 aliphatic carbocycles. The fourth-order valence-corrected chi connectivity index (χ4v) is 4.13. The standard InChI is InChI=1S/C24H26FN3O/c1-16-3-6-20(7-4-16)27-24(29)17(2)18-10-13-28(14-11-18)23-9-12-26-22-8-5-19(25)15-21(22)23/h3-9,12,15,17-18H,10-11,13-14H2,1-2H3,(H,27,29). The maximum atomic E-state index is 13.8. The van der Waals surface area contributed by atoms with Crippen molar-refractivity contribution in [3.63, 3.8) is 0 Å². The summed E-state index contributed by atoms with van der Waals surface area (Å²) >= 11 is 0. The molecule has 5 heteroatoms. The van der Waals surface area contributed by atoms with Crippen LogP contribution in [0.4, 0.5) is 15.8 Å². The number of aromatic nitrogens is 1. The zero-order chi connectivity index (χ0) is 20.4. The number of carbonyl (C=O) groups is 1. The molecule has 1 aliphatic rings. The number of amides is 1. The van der Waals surface area contributed by atoms with Gasteiger partial charge in [-0.15, -0.1) is 0 Å². The van der Waals surface area contributed by atoms with Gasteiger partial charge in [0.25, 0.3) is 0 Å². The van der Waals surface area contributed by atoms with Gasteiger partial charge in [0.1, 0.15) is 5.82 Å². The summed E-state index contributed by atoms with van der Waals surface area (Å²) in [5.74, 6) is 0.110. The molecule has 0 spiro atoms. The van der Waals surface area contributed by atoms with Gasteiger partial charge in [0.15, 0.2) is 0 Å². The van der Waals surface area contributed by atoms with Gasteiger partial charge in [0.05, 0.1) is 5.52 Å². The number of anilines is 2. The molecule has 4 rings (SSSR count). The minimum atomic E-state index is -0.247. The number of fused-ring (bicyclic) bond motifs is 1. The molecule has 1 N–H and O–H groups in total. The summed E-state index contributed by atoms with van der Waals surface area (Å²) in [4.78, 5) is 19.3. The summed E-state index contributed by atoms with van der Waals surface area (Å²) < 4.78 is 13.8. The van der Waals surface area contributed by atoms with E-state index in [0.717, 1.165) is 48.2 Å². The lowest BCUT2D eigenvalue weighted by atomic mass is 9.84. The van der Waals surface area contributed by atoms with Gasteiger partial charge in [0.2, 0.25) is 5.91 Å². The molecule has 1 aliphatic heterocycles. The highest BCUT2D eigenvalue weighted by Gasteiger charge is 2.29. The fraction of sp³-hybridized carbons (Fsp3) is 0.333. The van der Waals surface area contributed by atoms with Gasteiger partial charge in [-0.3, -0.25) is 9.78 Å². The SMILES string of the molecule is Cc1ccc(NC(=O)C(C)C2CCN(c3ccnc4ccc(F)cc34)CC2)cc1. The molecule has 2 heterocycles. The number of hydrogen-bond donors (Lipinski definition) is 1. The number of nitrogens with one attached hydrogen (secondary N) is 1. The van der Waals surface area contributed by atoms with Gasteiger partial charge >= 0.3 is 0 Å². The number of rotatable bonds is 4. The third-order valence-electron chi connectivity index (χ3n) is 6.00. The molecule has 1 unspecified atom stereocenters. The van der Waals surface area contributed by atoms with Crippen molar-refractivity contribution in [2.24, 2.45) is 11.8 Å². The van der Waals surface area contributed by atoms with E-state index in [1.54, 1.807) is 18.3 Å². The molecule has 0 radical (unpaired) electrons. The van der Waals surface area contributed by atoms with Crippen molar-refractivity contribution >= 4 is 28.2 Å². The zero-order valence-electron chi connectivity index (χ0n) is 16.9. The average Bonchev–Trinajstić information content (AvgIpc) is 2.74. The lowest BCUT2D eigenvalue weighted by molar-refractivity contribution is -0.121. The summed E-state index contributed by atoms with van der Waals surface area (Å²) in [6.45, 7) is 5.74. The number of hydrogen-bond acceptors (Lipinski definition) is 3. The van der Waals surface area contributed by atoms with Crippen molar-refractivity contribution in [3.05, 3.63) is 66.1 Å². The van der Waals surface area contributed by atoms with Crippen LogP contribution >= 0.6 is 0 Å². The number of benzene rings is 2. The highest BCUT2D eigenvalue weighted by atomic mass is 19.1. The molecule has 1 saturated heterocycles. The topological polar surface area (TPSA) is 45.2 Å². The van der Waals surface area contributed by atoms with E-state index in [2.05, 4.69) is 15.2 Å². The van der Waals surface area contributed by atoms with Crippen molar-refractivity contribution in [2.45, 2.75) is 26.7 Å². The highest BCUT2D eigenvalue weighted by molar-refractivity contribution is 5.93. The normalized spacial score (nSPS) is 16.0. The van der Waals surface area contributed by atoms with Crippen LogP contribution in [-0.4, -0.2) is 24.0 Å². The number of nitrogens with zero attached hydrogens (tertiary/aromatic N) is 2. The number of piperidine rings is 1. The minimum absolute atomic E-state index is 0.0509. The molecule has 1 amide bonds.